The van der Waals surface area contributed by atoms with E-state index in [-0.39, 0.29) is 12.2 Å². The van der Waals surface area contributed by atoms with Crippen LogP contribution in [0, 0.1) is 16.7 Å². The maximum absolute atomic E-state index is 11.6. The van der Waals surface area contributed by atoms with Crippen molar-refractivity contribution >= 4 is 16.0 Å². The van der Waals surface area contributed by atoms with Crippen molar-refractivity contribution in [1.82, 2.24) is 4.31 Å². The highest BCUT2D eigenvalue weighted by Gasteiger charge is 2.25. The van der Waals surface area contributed by atoms with E-state index in [9.17, 15) is 13.2 Å². The van der Waals surface area contributed by atoms with Crippen molar-refractivity contribution in [2.24, 2.45) is 5.41 Å². The van der Waals surface area contributed by atoms with Crippen molar-refractivity contribution in [3.8, 4) is 6.07 Å². The molecule has 0 aliphatic rings. The zero-order valence-electron chi connectivity index (χ0n) is 9.60. The number of sulfonamides is 1. The summed E-state index contributed by atoms with van der Waals surface area (Å²) < 4.78 is 23.9. The number of carboxylic acids is 1. The van der Waals surface area contributed by atoms with Crippen molar-refractivity contribution in [2.75, 3.05) is 19.3 Å². The molecule has 0 spiro atoms. The summed E-state index contributed by atoms with van der Waals surface area (Å²) in [4.78, 5) is 10.4. The first-order chi connectivity index (χ1) is 7.10. The Balaban J connectivity index is 4.49. The van der Waals surface area contributed by atoms with Crippen LogP contribution in [0.3, 0.4) is 0 Å². The molecule has 0 amide bonds. The summed E-state index contributed by atoms with van der Waals surface area (Å²) in [5, 5.41) is 17.2. The number of carboxylic acid groups (broad SMARTS) is 1. The van der Waals surface area contributed by atoms with E-state index in [2.05, 4.69) is 0 Å². The molecule has 7 heteroatoms. The van der Waals surface area contributed by atoms with Crippen LogP contribution in [0.15, 0.2) is 0 Å². The van der Waals surface area contributed by atoms with Crippen LogP contribution in [-0.2, 0) is 14.8 Å². The molecule has 0 fully saturated rings. The maximum Gasteiger partial charge on any atom is 0.318 e. The Hall–Kier alpha value is -1.13. The number of aliphatic carboxylic acids is 1. The molecule has 0 rings (SSSR count). The van der Waals surface area contributed by atoms with Crippen LogP contribution < -0.4 is 0 Å². The molecule has 0 unspecified atom stereocenters. The summed E-state index contributed by atoms with van der Waals surface area (Å²) in [5.41, 5.74) is -0.725. The average Bonchev–Trinajstić information content (AvgIpc) is 2.14. The summed E-state index contributed by atoms with van der Waals surface area (Å²) in [6.07, 6.45) is 0.176. The summed E-state index contributed by atoms with van der Waals surface area (Å²) in [6, 6.07) is 1.99. The van der Waals surface area contributed by atoms with E-state index < -0.39 is 28.0 Å². The van der Waals surface area contributed by atoms with Gasteiger partial charge in [0.2, 0.25) is 10.0 Å². The third-order valence-corrected chi connectivity index (χ3v) is 3.92. The number of nitriles is 1. The van der Waals surface area contributed by atoms with E-state index in [1.165, 1.54) is 7.05 Å². The summed E-state index contributed by atoms with van der Waals surface area (Å²) >= 11 is 0. The lowest BCUT2D eigenvalue weighted by atomic mass is 9.93. The van der Waals surface area contributed by atoms with Crippen molar-refractivity contribution in [3.05, 3.63) is 0 Å². The Kier molecular flexibility index (Phi) is 4.90. The van der Waals surface area contributed by atoms with Crippen molar-refractivity contribution in [2.45, 2.75) is 20.3 Å². The van der Waals surface area contributed by atoms with Crippen LogP contribution in [0.4, 0.5) is 0 Å². The Labute approximate surface area is 95.5 Å². The van der Waals surface area contributed by atoms with Crippen molar-refractivity contribution in [3.63, 3.8) is 0 Å². The molecule has 6 nitrogen and oxygen atoms in total. The summed E-state index contributed by atoms with van der Waals surface area (Å²) in [6.45, 7) is 2.72. The molecule has 0 saturated carbocycles. The molecule has 1 N–H and O–H groups in total. The molecule has 0 radical (unpaired) electrons. The highest BCUT2D eigenvalue weighted by Crippen LogP contribution is 2.20. The highest BCUT2D eigenvalue weighted by atomic mass is 32.2. The topological polar surface area (TPSA) is 98.5 Å². The van der Waals surface area contributed by atoms with Gasteiger partial charge in [-0.05, 0) is 20.3 Å². The summed E-state index contributed by atoms with van der Waals surface area (Å²) in [5.74, 6) is -1.43. The predicted molar refractivity (Wildman–Crippen MR) is 58.1 cm³/mol. The number of hydrogen-bond donors (Lipinski definition) is 1. The zero-order chi connectivity index (χ0) is 13.0. The van der Waals surface area contributed by atoms with Crippen LogP contribution >= 0.6 is 0 Å². The van der Waals surface area contributed by atoms with Crippen LogP contribution in [0.2, 0.25) is 0 Å². The number of hydrogen-bond acceptors (Lipinski definition) is 4. The molecule has 0 aromatic carbocycles. The average molecular weight is 248 g/mol. The third kappa shape index (κ3) is 5.09. The number of rotatable bonds is 6. The quantitative estimate of drug-likeness (QED) is 0.727. The van der Waals surface area contributed by atoms with Gasteiger partial charge in [-0.1, -0.05) is 0 Å². The first kappa shape index (κ1) is 14.9. The minimum absolute atomic E-state index is 0.176. The molecule has 0 aromatic rings. The Morgan fingerprint density at radius 1 is 1.50 bits per heavy atom. The molecule has 0 aliphatic carbocycles. The first-order valence-corrected chi connectivity index (χ1v) is 6.29. The minimum Gasteiger partial charge on any atom is -0.480 e. The van der Waals surface area contributed by atoms with Gasteiger partial charge in [-0.3, -0.25) is 4.79 Å². The number of likely N-dealkylation sites (N-methyl/N-ethyl adjacent to an activating group) is 1. The number of carbonyl (C=O) groups is 1. The molecule has 0 aliphatic heterocycles. The largest absolute Gasteiger partial charge is 0.480 e. The standard InChI is InChI=1S/C9H16N2O4S/c1-9(2,7-10)4-5-16(14,15)11(3)6-8(12)13/h4-6H2,1-3H3,(H,12,13). The van der Waals surface area contributed by atoms with Gasteiger partial charge in [0.05, 0.1) is 17.2 Å². The smallest absolute Gasteiger partial charge is 0.318 e. The van der Waals surface area contributed by atoms with Crippen LogP contribution in [0.5, 0.6) is 0 Å². The fraction of sp³-hybridized carbons (Fsp3) is 0.778. The molecule has 0 aromatic heterocycles. The van der Waals surface area contributed by atoms with E-state index in [0.29, 0.717) is 0 Å². The minimum atomic E-state index is -3.60. The molecular weight excluding hydrogens is 232 g/mol. The van der Waals surface area contributed by atoms with E-state index in [1.807, 2.05) is 6.07 Å². The fourth-order valence-corrected chi connectivity index (χ4v) is 2.27. The van der Waals surface area contributed by atoms with Crippen LogP contribution in [0.25, 0.3) is 0 Å². The van der Waals surface area contributed by atoms with E-state index in [0.717, 1.165) is 4.31 Å². The molecular formula is C9H16N2O4S. The monoisotopic (exact) mass is 248 g/mol. The normalized spacial score (nSPS) is 12.4. The Bertz CT molecular complexity index is 394. The lowest BCUT2D eigenvalue weighted by Gasteiger charge is -2.18. The second kappa shape index (κ2) is 5.27. The molecule has 0 bridgehead atoms. The van der Waals surface area contributed by atoms with Gasteiger partial charge in [0, 0.05) is 7.05 Å². The summed E-state index contributed by atoms with van der Waals surface area (Å²) in [7, 11) is -2.39. The van der Waals surface area contributed by atoms with Gasteiger partial charge in [-0.15, -0.1) is 0 Å². The third-order valence-electron chi connectivity index (χ3n) is 2.12. The lowest BCUT2D eigenvalue weighted by molar-refractivity contribution is -0.137. The second-order valence-corrected chi connectivity index (χ2v) is 6.41. The molecule has 92 valence electrons. The van der Waals surface area contributed by atoms with Crippen molar-refractivity contribution in [1.29, 1.82) is 5.26 Å². The van der Waals surface area contributed by atoms with Gasteiger partial charge in [0.15, 0.2) is 0 Å². The SMILES string of the molecule is CN(CC(=O)O)S(=O)(=O)CCC(C)(C)C#N. The van der Waals surface area contributed by atoms with Gasteiger partial charge in [-0.25, -0.2) is 8.42 Å². The molecule has 0 atom stereocenters. The Morgan fingerprint density at radius 2 is 2.00 bits per heavy atom. The first-order valence-electron chi connectivity index (χ1n) is 4.68. The van der Waals surface area contributed by atoms with Gasteiger partial charge in [0.1, 0.15) is 6.54 Å². The van der Waals surface area contributed by atoms with Crippen molar-refractivity contribution < 1.29 is 18.3 Å². The van der Waals surface area contributed by atoms with Gasteiger partial charge in [0.25, 0.3) is 0 Å². The second-order valence-electron chi connectivity index (χ2n) is 4.21. The van der Waals surface area contributed by atoms with Gasteiger partial charge < -0.3 is 5.11 Å². The molecule has 16 heavy (non-hydrogen) atoms. The van der Waals surface area contributed by atoms with Crippen LogP contribution in [-0.4, -0.2) is 43.1 Å². The van der Waals surface area contributed by atoms with E-state index in [1.54, 1.807) is 13.8 Å². The maximum atomic E-state index is 11.6. The Morgan fingerprint density at radius 3 is 2.38 bits per heavy atom. The lowest BCUT2D eigenvalue weighted by Crippen LogP contribution is -2.34. The predicted octanol–water partition coefficient (Wildman–Crippen LogP) is 0.272. The van der Waals surface area contributed by atoms with Gasteiger partial charge in [-0.2, -0.15) is 9.57 Å². The van der Waals surface area contributed by atoms with E-state index in [4.69, 9.17) is 10.4 Å². The fourth-order valence-electron chi connectivity index (χ4n) is 0.885. The zero-order valence-corrected chi connectivity index (χ0v) is 10.4. The molecule has 0 heterocycles. The van der Waals surface area contributed by atoms with Gasteiger partial charge >= 0.3 is 5.97 Å². The van der Waals surface area contributed by atoms with Crippen LogP contribution in [0.1, 0.15) is 20.3 Å². The highest BCUT2D eigenvalue weighted by molar-refractivity contribution is 7.89. The molecule has 0 saturated heterocycles. The van der Waals surface area contributed by atoms with E-state index >= 15 is 0 Å². The number of nitrogens with zero attached hydrogens (tertiary/aromatic N) is 2.